The van der Waals surface area contributed by atoms with E-state index in [9.17, 15) is 9.59 Å². The fourth-order valence-corrected chi connectivity index (χ4v) is 1.97. The van der Waals surface area contributed by atoms with Crippen molar-refractivity contribution in [3.8, 4) is 11.5 Å². The number of carbonyl (C=O) groups is 2. The SMILES string of the molecule is CCOc1ccc(NC(=O)C2=NNC(=O)CC2)cc1OCC. The Morgan fingerprint density at radius 2 is 1.95 bits per heavy atom. The Balaban J connectivity index is 2.10. The first kappa shape index (κ1) is 15.8. The van der Waals surface area contributed by atoms with Gasteiger partial charge in [0.1, 0.15) is 5.71 Å². The molecule has 0 saturated heterocycles. The molecule has 0 bridgehead atoms. The second-order valence-electron chi connectivity index (χ2n) is 4.58. The van der Waals surface area contributed by atoms with Crippen molar-refractivity contribution in [3.63, 3.8) is 0 Å². The Bertz CT molecular complexity index is 598. The highest BCUT2D eigenvalue weighted by molar-refractivity contribution is 6.43. The molecule has 2 amide bonds. The van der Waals surface area contributed by atoms with E-state index in [0.29, 0.717) is 42.5 Å². The first-order valence-electron chi connectivity index (χ1n) is 7.20. The maximum absolute atomic E-state index is 12.1. The predicted octanol–water partition coefficient (Wildman–Crippen LogP) is 1.69. The molecule has 0 radical (unpaired) electrons. The van der Waals surface area contributed by atoms with E-state index in [4.69, 9.17) is 9.47 Å². The molecular formula is C15H19N3O4. The van der Waals surface area contributed by atoms with Crippen molar-refractivity contribution in [1.82, 2.24) is 5.43 Å². The second-order valence-corrected chi connectivity index (χ2v) is 4.58. The quantitative estimate of drug-likeness (QED) is 0.837. The number of hydrogen-bond donors (Lipinski definition) is 2. The highest BCUT2D eigenvalue weighted by Crippen LogP contribution is 2.30. The Hall–Kier alpha value is -2.57. The lowest BCUT2D eigenvalue weighted by Crippen LogP contribution is -2.32. The van der Waals surface area contributed by atoms with Gasteiger partial charge in [-0.05, 0) is 26.0 Å². The van der Waals surface area contributed by atoms with E-state index in [-0.39, 0.29) is 18.2 Å². The number of ether oxygens (including phenoxy) is 2. The summed E-state index contributed by atoms with van der Waals surface area (Å²) in [6.07, 6.45) is 0.590. The lowest BCUT2D eigenvalue weighted by molar-refractivity contribution is -0.121. The molecule has 0 spiro atoms. The van der Waals surface area contributed by atoms with Crippen LogP contribution in [0.1, 0.15) is 26.7 Å². The van der Waals surface area contributed by atoms with Crippen LogP contribution in [-0.4, -0.2) is 30.7 Å². The molecule has 1 aromatic carbocycles. The van der Waals surface area contributed by atoms with Crippen LogP contribution in [0.25, 0.3) is 0 Å². The minimum atomic E-state index is -0.341. The third kappa shape index (κ3) is 3.97. The van der Waals surface area contributed by atoms with E-state index in [1.54, 1.807) is 18.2 Å². The smallest absolute Gasteiger partial charge is 0.271 e. The molecule has 0 fully saturated rings. The Kier molecular flexibility index (Phi) is 5.35. The van der Waals surface area contributed by atoms with E-state index in [1.807, 2.05) is 13.8 Å². The minimum Gasteiger partial charge on any atom is -0.490 e. The molecule has 1 heterocycles. The maximum Gasteiger partial charge on any atom is 0.271 e. The molecular weight excluding hydrogens is 286 g/mol. The van der Waals surface area contributed by atoms with Gasteiger partial charge in [0.05, 0.1) is 13.2 Å². The number of rotatable bonds is 6. The number of hydrogen-bond acceptors (Lipinski definition) is 5. The van der Waals surface area contributed by atoms with Crippen molar-refractivity contribution < 1.29 is 19.1 Å². The van der Waals surface area contributed by atoms with Gasteiger partial charge in [-0.15, -0.1) is 0 Å². The molecule has 2 N–H and O–H groups in total. The molecule has 0 aliphatic carbocycles. The van der Waals surface area contributed by atoms with E-state index in [2.05, 4.69) is 15.8 Å². The topological polar surface area (TPSA) is 89.0 Å². The summed E-state index contributed by atoms with van der Waals surface area (Å²) in [4.78, 5) is 23.1. The van der Waals surface area contributed by atoms with Gasteiger partial charge in [-0.25, -0.2) is 5.43 Å². The molecule has 0 saturated carbocycles. The van der Waals surface area contributed by atoms with Crippen LogP contribution in [-0.2, 0) is 9.59 Å². The first-order valence-corrected chi connectivity index (χ1v) is 7.20. The van der Waals surface area contributed by atoms with Gasteiger partial charge in [-0.2, -0.15) is 5.10 Å². The molecule has 0 aromatic heterocycles. The van der Waals surface area contributed by atoms with Crippen LogP contribution < -0.4 is 20.2 Å². The molecule has 22 heavy (non-hydrogen) atoms. The molecule has 0 unspecified atom stereocenters. The summed E-state index contributed by atoms with van der Waals surface area (Å²) >= 11 is 0. The van der Waals surface area contributed by atoms with Gasteiger partial charge in [-0.3, -0.25) is 9.59 Å². The third-order valence-electron chi connectivity index (χ3n) is 2.97. The normalized spacial score (nSPS) is 13.9. The average Bonchev–Trinajstić information content (AvgIpc) is 2.51. The monoisotopic (exact) mass is 305 g/mol. The largest absolute Gasteiger partial charge is 0.490 e. The fourth-order valence-electron chi connectivity index (χ4n) is 1.97. The Morgan fingerprint density at radius 1 is 1.23 bits per heavy atom. The zero-order chi connectivity index (χ0) is 15.9. The van der Waals surface area contributed by atoms with Crippen molar-refractivity contribution in [2.24, 2.45) is 5.10 Å². The highest BCUT2D eigenvalue weighted by atomic mass is 16.5. The van der Waals surface area contributed by atoms with Crippen molar-refractivity contribution in [3.05, 3.63) is 18.2 Å². The number of nitrogens with one attached hydrogen (secondary N) is 2. The van der Waals surface area contributed by atoms with Crippen molar-refractivity contribution in [1.29, 1.82) is 0 Å². The summed E-state index contributed by atoms with van der Waals surface area (Å²) in [5.74, 6) is 0.675. The number of anilines is 1. The van der Waals surface area contributed by atoms with Crippen LogP contribution in [0, 0.1) is 0 Å². The van der Waals surface area contributed by atoms with Gasteiger partial charge in [0, 0.05) is 24.6 Å². The van der Waals surface area contributed by atoms with Gasteiger partial charge in [0.25, 0.3) is 5.91 Å². The number of amides is 2. The Morgan fingerprint density at radius 3 is 2.59 bits per heavy atom. The van der Waals surface area contributed by atoms with Crippen LogP contribution >= 0.6 is 0 Å². The van der Waals surface area contributed by atoms with Crippen LogP contribution in [0.15, 0.2) is 23.3 Å². The van der Waals surface area contributed by atoms with Crippen molar-refractivity contribution in [2.45, 2.75) is 26.7 Å². The molecule has 1 aromatic rings. The third-order valence-corrected chi connectivity index (χ3v) is 2.97. The molecule has 2 rings (SSSR count). The van der Waals surface area contributed by atoms with Gasteiger partial charge in [0.15, 0.2) is 11.5 Å². The molecule has 1 aliphatic rings. The Labute approximate surface area is 128 Å². The van der Waals surface area contributed by atoms with E-state index in [1.165, 1.54) is 0 Å². The summed E-state index contributed by atoms with van der Waals surface area (Å²) in [5.41, 5.74) is 3.18. The summed E-state index contributed by atoms with van der Waals surface area (Å²) in [6, 6.07) is 5.18. The van der Waals surface area contributed by atoms with E-state index >= 15 is 0 Å². The fraction of sp³-hybridized carbons (Fsp3) is 0.400. The number of nitrogens with zero attached hydrogens (tertiary/aromatic N) is 1. The summed E-state index contributed by atoms with van der Waals surface area (Å²) < 4.78 is 11.0. The summed E-state index contributed by atoms with van der Waals surface area (Å²) in [5, 5.41) is 6.50. The number of carbonyl (C=O) groups excluding carboxylic acids is 2. The molecule has 118 valence electrons. The zero-order valence-corrected chi connectivity index (χ0v) is 12.6. The maximum atomic E-state index is 12.1. The van der Waals surface area contributed by atoms with E-state index < -0.39 is 0 Å². The predicted molar refractivity (Wildman–Crippen MR) is 82.2 cm³/mol. The van der Waals surface area contributed by atoms with Crippen LogP contribution in [0.3, 0.4) is 0 Å². The molecule has 7 heteroatoms. The lowest BCUT2D eigenvalue weighted by atomic mass is 10.1. The molecule has 7 nitrogen and oxygen atoms in total. The number of hydrazone groups is 1. The molecule has 1 aliphatic heterocycles. The van der Waals surface area contributed by atoms with Gasteiger partial charge < -0.3 is 14.8 Å². The van der Waals surface area contributed by atoms with E-state index in [0.717, 1.165) is 0 Å². The van der Waals surface area contributed by atoms with Crippen molar-refractivity contribution >= 4 is 23.2 Å². The lowest BCUT2D eigenvalue weighted by Gasteiger charge is -2.14. The molecule has 0 atom stereocenters. The second kappa shape index (κ2) is 7.44. The summed E-state index contributed by atoms with van der Waals surface area (Å²) in [7, 11) is 0. The van der Waals surface area contributed by atoms with Crippen LogP contribution in [0.2, 0.25) is 0 Å². The first-order chi connectivity index (χ1) is 10.6. The van der Waals surface area contributed by atoms with Crippen LogP contribution in [0.5, 0.6) is 11.5 Å². The zero-order valence-electron chi connectivity index (χ0n) is 12.6. The number of benzene rings is 1. The van der Waals surface area contributed by atoms with Crippen LogP contribution in [0.4, 0.5) is 5.69 Å². The van der Waals surface area contributed by atoms with Gasteiger partial charge in [0.2, 0.25) is 5.91 Å². The summed E-state index contributed by atoms with van der Waals surface area (Å²) in [6.45, 7) is 4.79. The average molecular weight is 305 g/mol. The van der Waals surface area contributed by atoms with Crippen molar-refractivity contribution in [2.75, 3.05) is 18.5 Å². The van der Waals surface area contributed by atoms with Gasteiger partial charge >= 0.3 is 0 Å². The minimum absolute atomic E-state index is 0.184. The highest BCUT2D eigenvalue weighted by Gasteiger charge is 2.18. The van der Waals surface area contributed by atoms with Gasteiger partial charge in [-0.1, -0.05) is 0 Å². The standard InChI is InChI=1S/C15H19N3O4/c1-3-21-12-7-5-10(9-13(12)22-4-2)16-15(20)11-6-8-14(19)18-17-11/h5,7,9H,3-4,6,8H2,1-2H3,(H,16,20)(H,18,19).